The molecule has 1 atom stereocenters. The third-order valence-corrected chi connectivity index (χ3v) is 4.01. The Morgan fingerprint density at radius 2 is 1.90 bits per heavy atom. The van der Waals surface area contributed by atoms with Gasteiger partial charge in [0.2, 0.25) is 0 Å². The van der Waals surface area contributed by atoms with Crippen LogP contribution in [0.3, 0.4) is 0 Å². The van der Waals surface area contributed by atoms with Crippen molar-refractivity contribution in [3.63, 3.8) is 0 Å². The van der Waals surface area contributed by atoms with Crippen LogP contribution in [0.2, 0.25) is 5.02 Å². The van der Waals surface area contributed by atoms with Gasteiger partial charge in [0.15, 0.2) is 0 Å². The summed E-state index contributed by atoms with van der Waals surface area (Å²) in [6.45, 7) is 2.94. The van der Waals surface area contributed by atoms with E-state index < -0.39 is 0 Å². The van der Waals surface area contributed by atoms with Gasteiger partial charge in [0.05, 0.1) is 4.47 Å². The molecule has 0 radical (unpaired) electrons. The molecule has 4 heteroatoms. The summed E-state index contributed by atoms with van der Waals surface area (Å²) < 4.78 is 13.8. The first-order valence-electron chi connectivity index (χ1n) is 6.53. The van der Waals surface area contributed by atoms with Gasteiger partial charge in [0.1, 0.15) is 5.82 Å². The Labute approximate surface area is 132 Å². The van der Waals surface area contributed by atoms with Gasteiger partial charge in [-0.1, -0.05) is 36.7 Å². The fourth-order valence-electron chi connectivity index (χ4n) is 2.15. The number of hydrogen-bond donors (Lipinski definition) is 1. The quantitative estimate of drug-likeness (QED) is 0.782. The summed E-state index contributed by atoms with van der Waals surface area (Å²) in [7, 11) is 0. The van der Waals surface area contributed by atoms with E-state index in [1.54, 1.807) is 0 Å². The van der Waals surface area contributed by atoms with Gasteiger partial charge in [-0.2, -0.15) is 0 Å². The highest BCUT2D eigenvalue weighted by Crippen LogP contribution is 2.23. The summed E-state index contributed by atoms with van der Waals surface area (Å²) in [6.07, 6.45) is 0.800. The van der Waals surface area contributed by atoms with E-state index in [2.05, 4.69) is 28.2 Å². The minimum absolute atomic E-state index is 0.189. The molecule has 0 aliphatic heterocycles. The highest BCUT2D eigenvalue weighted by molar-refractivity contribution is 9.10. The normalized spacial score (nSPS) is 12.4. The predicted molar refractivity (Wildman–Crippen MR) is 85.7 cm³/mol. The third-order valence-electron chi connectivity index (χ3n) is 3.15. The molecule has 0 fully saturated rings. The number of benzene rings is 2. The van der Waals surface area contributed by atoms with E-state index in [0.717, 1.165) is 23.6 Å². The second-order valence-electron chi connectivity index (χ2n) is 4.61. The first kappa shape index (κ1) is 15.5. The zero-order valence-electron chi connectivity index (χ0n) is 11.2. The molecule has 1 unspecified atom stereocenters. The van der Waals surface area contributed by atoms with Crippen LogP contribution in [0.25, 0.3) is 0 Å². The molecule has 0 aromatic heterocycles. The Hall–Kier alpha value is -0.900. The van der Waals surface area contributed by atoms with E-state index in [4.69, 9.17) is 11.6 Å². The summed E-state index contributed by atoms with van der Waals surface area (Å²) >= 11 is 9.15. The molecule has 0 amide bonds. The van der Waals surface area contributed by atoms with Gasteiger partial charge >= 0.3 is 0 Å². The summed E-state index contributed by atoms with van der Waals surface area (Å²) in [5, 5.41) is 4.18. The minimum atomic E-state index is -0.236. The maximum Gasteiger partial charge on any atom is 0.137 e. The summed E-state index contributed by atoms with van der Waals surface area (Å²) in [4.78, 5) is 0. The molecule has 0 aliphatic carbocycles. The molecule has 20 heavy (non-hydrogen) atoms. The Morgan fingerprint density at radius 1 is 1.20 bits per heavy atom. The average molecular weight is 357 g/mol. The van der Waals surface area contributed by atoms with Gasteiger partial charge in [-0.3, -0.25) is 0 Å². The molecule has 2 rings (SSSR count). The highest BCUT2D eigenvalue weighted by atomic mass is 79.9. The number of halogens is 3. The molecule has 1 nitrogen and oxygen atoms in total. The first-order chi connectivity index (χ1) is 9.60. The minimum Gasteiger partial charge on any atom is -0.310 e. The van der Waals surface area contributed by atoms with Gasteiger partial charge in [-0.25, -0.2) is 4.39 Å². The van der Waals surface area contributed by atoms with Crippen molar-refractivity contribution < 1.29 is 4.39 Å². The highest BCUT2D eigenvalue weighted by Gasteiger charge is 2.12. The second-order valence-corrected chi connectivity index (χ2v) is 5.91. The zero-order chi connectivity index (χ0) is 14.5. The van der Waals surface area contributed by atoms with Crippen LogP contribution in [0.1, 0.15) is 24.1 Å². The van der Waals surface area contributed by atoms with Crippen molar-refractivity contribution in [2.24, 2.45) is 0 Å². The molecule has 106 valence electrons. The van der Waals surface area contributed by atoms with Gasteiger partial charge in [0.25, 0.3) is 0 Å². The standard InChI is InChI=1S/C16H16BrClFN/c1-2-20-16(12-4-6-13(18)7-5-12)10-11-3-8-15(19)14(17)9-11/h3-9,16,20H,2,10H2,1H3. The predicted octanol–water partition coefficient (Wildman–Crippen LogP) is 5.13. The summed E-state index contributed by atoms with van der Waals surface area (Å²) in [5.74, 6) is -0.236. The molecule has 0 bridgehead atoms. The van der Waals surface area contributed by atoms with Crippen LogP contribution in [-0.2, 0) is 6.42 Å². The van der Waals surface area contributed by atoms with E-state index in [0.29, 0.717) is 4.47 Å². The molecule has 0 saturated heterocycles. The maximum absolute atomic E-state index is 13.3. The molecule has 1 N–H and O–H groups in total. The van der Waals surface area contributed by atoms with Crippen molar-refractivity contribution in [2.45, 2.75) is 19.4 Å². The molecule has 2 aromatic rings. The van der Waals surface area contributed by atoms with Crippen molar-refractivity contribution in [1.82, 2.24) is 5.32 Å². The van der Waals surface area contributed by atoms with Crippen molar-refractivity contribution in [1.29, 1.82) is 0 Å². The van der Waals surface area contributed by atoms with Gasteiger partial charge in [-0.05, 0) is 64.3 Å². The molecular formula is C16H16BrClFN. The van der Waals surface area contributed by atoms with Gasteiger partial charge in [0, 0.05) is 11.1 Å². The number of hydrogen-bond acceptors (Lipinski definition) is 1. The molecular weight excluding hydrogens is 341 g/mol. The Bertz CT molecular complexity index is 571. The van der Waals surface area contributed by atoms with E-state index in [-0.39, 0.29) is 11.9 Å². The van der Waals surface area contributed by atoms with Crippen molar-refractivity contribution in [3.8, 4) is 0 Å². The smallest absolute Gasteiger partial charge is 0.137 e. The van der Waals surface area contributed by atoms with Crippen molar-refractivity contribution in [3.05, 3.63) is 68.9 Å². The Kier molecular flexibility index (Phi) is 5.58. The molecule has 0 saturated carbocycles. The molecule has 0 heterocycles. The molecule has 0 aliphatic rings. The topological polar surface area (TPSA) is 12.0 Å². The molecule has 0 spiro atoms. The maximum atomic E-state index is 13.3. The van der Waals surface area contributed by atoms with Crippen LogP contribution in [-0.4, -0.2) is 6.54 Å². The lowest BCUT2D eigenvalue weighted by Crippen LogP contribution is -2.22. The second kappa shape index (κ2) is 7.21. The van der Waals surface area contributed by atoms with E-state index in [9.17, 15) is 4.39 Å². The van der Waals surface area contributed by atoms with Gasteiger partial charge < -0.3 is 5.32 Å². The fraction of sp³-hybridized carbons (Fsp3) is 0.250. The van der Waals surface area contributed by atoms with E-state index in [1.165, 1.54) is 11.6 Å². The number of rotatable bonds is 5. The number of nitrogens with one attached hydrogen (secondary N) is 1. The van der Waals surface area contributed by atoms with Crippen LogP contribution in [0.4, 0.5) is 4.39 Å². The first-order valence-corrected chi connectivity index (χ1v) is 7.70. The van der Waals surface area contributed by atoms with Crippen LogP contribution in [0.5, 0.6) is 0 Å². The van der Waals surface area contributed by atoms with Gasteiger partial charge in [-0.15, -0.1) is 0 Å². The lowest BCUT2D eigenvalue weighted by molar-refractivity contribution is 0.548. The Balaban J connectivity index is 2.20. The van der Waals surface area contributed by atoms with E-state index >= 15 is 0 Å². The van der Waals surface area contributed by atoms with Crippen LogP contribution in [0, 0.1) is 5.82 Å². The monoisotopic (exact) mass is 355 g/mol. The van der Waals surface area contributed by atoms with Crippen molar-refractivity contribution in [2.75, 3.05) is 6.54 Å². The summed E-state index contributed by atoms with van der Waals surface area (Å²) in [6, 6.07) is 13.2. The fourth-order valence-corrected chi connectivity index (χ4v) is 2.70. The zero-order valence-corrected chi connectivity index (χ0v) is 13.5. The molecule has 2 aromatic carbocycles. The van der Waals surface area contributed by atoms with Crippen molar-refractivity contribution >= 4 is 27.5 Å². The lowest BCUT2D eigenvalue weighted by Gasteiger charge is -2.19. The number of likely N-dealkylation sites (N-methyl/N-ethyl adjacent to an activating group) is 1. The SMILES string of the molecule is CCNC(Cc1ccc(F)c(Br)c1)c1ccc(Cl)cc1. The van der Waals surface area contributed by atoms with E-state index in [1.807, 2.05) is 36.4 Å². The van der Waals surface area contributed by atoms with Crippen LogP contribution >= 0.6 is 27.5 Å². The van der Waals surface area contributed by atoms with Crippen LogP contribution in [0.15, 0.2) is 46.9 Å². The average Bonchev–Trinajstić information content (AvgIpc) is 2.43. The lowest BCUT2D eigenvalue weighted by atomic mass is 9.99. The third kappa shape index (κ3) is 4.05. The largest absolute Gasteiger partial charge is 0.310 e. The van der Waals surface area contributed by atoms with Crippen LogP contribution < -0.4 is 5.32 Å². The Morgan fingerprint density at radius 3 is 2.50 bits per heavy atom. The summed E-state index contributed by atoms with van der Waals surface area (Å²) in [5.41, 5.74) is 2.26.